The van der Waals surface area contributed by atoms with Crippen LogP contribution in [0.3, 0.4) is 0 Å². The number of hydrogen-bond donors (Lipinski definition) is 1. The third-order valence-corrected chi connectivity index (χ3v) is 10.7. The lowest BCUT2D eigenvalue weighted by Gasteiger charge is -2.63. The third kappa shape index (κ3) is 5.14. The number of carbonyl (C=O) groups excluding carboxylic acids is 4. The van der Waals surface area contributed by atoms with Gasteiger partial charge in [0.25, 0.3) is 0 Å². The van der Waals surface area contributed by atoms with Gasteiger partial charge in [0, 0.05) is 34.8 Å². The summed E-state index contributed by atoms with van der Waals surface area (Å²) in [5.41, 5.74) is -0.385. The Balaban J connectivity index is 2.00. The Kier molecular flexibility index (Phi) is 9.07. The Labute approximate surface area is 253 Å². The molecule has 0 aromatic carbocycles. The number of esters is 3. The highest BCUT2D eigenvalue weighted by molar-refractivity contribution is 5.93. The topological polar surface area (TPSA) is 139 Å². The van der Waals surface area contributed by atoms with E-state index in [1.807, 2.05) is 33.8 Å². The van der Waals surface area contributed by atoms with Crippen molar-refractivity contribution < 1.29 is 47.6 Å². The van der Waals surface area contributed by atoms with E-state index in [-0.39, 0.29) is 18.6 Å². The summed E-state index contributed by atoms with van der Waals surface area (Å²) in [7, 11) is 4.14. The van der Waals surface area contributed by atoms with Gasteiger partial charge in [-0.3, -0.25) is 14.4 Å². The van der Waals surface area contributed by atoms with Gasteiger partial charge in [0.05, 0.1) is 51.1 Å². The number of rotatable bonds is 9. The summed E-state index contributed by atoms with van der Waals surface area (Å²) >= 11 is 0. The van der Waals surface area contributed by atoms with Crippen molar-refractivity contribution in [2.75, 3.05) is 21.3 Å². The summed E-state index contributed by atoms with van der Waals surface area (Å²) in [5, 5.41) is 11.5. The first-order valence-electron chi connectivity index (χ1n) is 15.0. The summed E-state index contributed by atoms with van der Waals surface area (Å²) in [6.45, 7) is 11.0. The predicted molar refractivity (Wildman–Crippen MR) is 154 cm³/mol. The molecule has 2 saturated carbocycles. The van der Waals surface area contributed by atoms with Crippen LogP contribution >= 0.6 is 0 Å². The van der Waals surface area contributed by atoms with Crippen LogP contribution in [0.5, 0.6) is 0 Å². The van der Waals surface area contributed by atoms with Gasteiger partial charge in [-0.15, -0.1) is 0 Å². The normalized spacial score (nSPS) is 33.0. The van der Waals surface area contributed by atoms with Gasteiger partial charge in [0.1, 0.15) is 11.9 Å². The molecular weight excluding hydrogens is 556 g/mol. The van der Waals surface area contributed by atoms with E-state index in [0.717, 1.165) is 16.7 Å². The standard InChI is InChI=1S/C33H46O10/c1-17(2)29(37)43-28-20-14-19-21(33(6,26(20)36)25(31(28,3)4)24(35)30(38)41-9)10-12-32(5,22(19)15-23(34)39-7)27(40-8)18-11-13-42-16-18/h11,13,16-17,20-21,24-25,27-28,35H,10,12,14-15H2,1-9H3. The fourth-order valence-electron chi connectivity index (χ4n) is 8.75. The minimum atomic E-state index is -1.65. The van der Waals surface area contributed by atoms with Crippen LogP contribution in [-0.4, -0.2) is 62.3 Å². The second-order valence-electron chi connectivity index (χ2n) is 13.7. The van der Waals surface area contributed by atoms with Crippen molar-refractivity contribution in [3.63, 3.8) is 0 Å². The zero-order valence-corrected chi connectivity index (χ0v) is 26.7. The molecule has 2 bridgehead atoms. The van der Waals surface area contributed by atoms with Crippen LogP contribution in [-0.2, 0) is 38.1 Å². The Hall–Kier alpha value is -2.98. The number of furan rings is 1. The first-order chi connectivity index (χ1) is 20.1. The highest BCUT2D eigenvalue weighted by atomic mass is 16.6. The van der Waals surface area contributed by atoms with E-state index in [9.17, 15) is 24.3 Å². The van der Waals surface area contributed by atoms with Gasteiger partial charge in [-0.2, -0.15) is 0 Å². The first-order valence-corrected chi connectivity index (χ1v) is 15.0. The molecule has 0 spiro atoms. The van der Waals surface area contributed by atoms with Crippen LogP contribution in [0.15, 0.2) is 34.2 Å². The summed E-state index contributed by atoms with van der Waals surface area (Å²) in [6.07, 6.45) is 1.48. The maximum absolute atomic E-state index is 14.6. The van der Waals surface area contributed by atoms with Crippen molar-refractivity contribution in [2.45, 2.75) is 85.5 Å². The molecule has 43 heavy (non-hydrogen) atoms. The summed E-state index contributed by atoms with van der Waals surface area (Å²) in [4.78, 5) is 53.5. The minimum Gasteiger partial charge on any atom is -0.472 e. The lowest BCUT2D eigenvalue weighted by atomic mass is 9.40. The Morgan fingerprint density at radius 2 is 1.74 bits per heavy atom. The van der Waals surface area contributed by atoms with Gasteiger partial charge in [-0.25, -0.2) is 4.79 Å². The molecule has 0 radical (unpaired) electrons. The molecule has 8 unspecified atom stereocenters. The van der Waals surface area contributed by atoms with Crippen molar-refractivity contribution in [1.29, 1.82) is 0 Å². The maximum atomic E-state index is 14.6. The molecule has 2 fully saturated rings. The second-order valence-corrected chi connectivity index (χ2v) is 13.7. The van der Waals surface area contributed by atoms with Crippen molar-refractivity contribution >= 4 is 23.7 Å². The van der Waals surface area contributed by atoms with Gasteiger partial charge in [0.15, 0.2) is 6.10 Å². The molecule has 0 aliphatic heterocycles. The van der Waals surface area contributed by atoms with E-state index < -0.39 is 76.1 Å². The maximum Gasteiger partial charge on any atom is 0.335 e. The SMILES string of the molecule is COC(=O)CC1=C2CC3C(=O)C(C)(C2CCC1(C)C(OC)c1ccoc1)C(C(O)C(=O)OC)C(C)(C)C3OC(=O)C(C)C. The molecule has 8 atom stereocenters. The molecule has 1 aromatic heterocycles. The average molecular weight is 603 g/mol. The van der Waals surface area contributed by atoms with Crippen LogP contribution in [0.4, 0.5) is 0 Å². The summed E-state index contributed by atoms with van der Waals surface area (Å²) in [6, 6.07) is 1.83. The average Bonchev–Trinajstić information content (AvgIpc) is 3.48. The Morgan fingerprint density at radius 1 is 1.07 bits per heavy atom. The van der Waals surface area contributed by atoms with E-state index in [4.69, 9.17) is 23.4 Å². The molecule has 0 amide bonds. The van der Waals surface area contributed by atoms with Crippen LogP contribution < -0.4 is 0 Å². The van der Waals surface area contributed by atoms with Gasteiger partial charge in [-0.05, 0) is 31.2 Å². The number of carbonyl (C=O) groups is 4. The molecule has 4 rings (SSSR count). The van der Waals surface area contributed by atoms with E-state index in [2.05, 4.69) is 0 Å². The highest BCUT2D eigenvalue weighted by Crippen LogP contribution is 2.67. The smallest absolute Gasteiger partial charge is 0.335 e. The van der Waals surface area contributed by atoms with Gasteiger partial charge in [0.2, 0.25) is 0 Å². The molecule has 1 heterocycles. The number of aliphatic hydroxyl groups excluding tert-OH is 1. The van der Waals surface area contributed by atoms with Crippen molar-refractivity contribution in [3.8, 4) is 0 Å². The summed E-state index contributed by atoms with van der Waals surface area (Å²) in [5.74, 6) is -4.46. The number of aliphatic hydroxyl groups is 1. The minimum absolute atomic E-state index is 0.0302. The van der Waals surface area contributed by atoms with Crippen molar-refractivity contribution in [3.05, 3.63) is 35.3 Å². The number of fused-ring (bicyclic) bond motifs is 4. The number of hydrogen-bond acceptors (Lipinski definition) is 10. The number of methoxy groups -OCH3 is 3. The largest absolute Gasteiger partial charge is 0.472 e. The molecule has 10 nitrogen and oxygen atoms in total. The molecule has 1 N–H and O–H groups in total. The van der Waals surface area contributed by atoms with Crippen LogP contribution in [0.1, 0.15) is 78.9 Å². The van der Waals surface area contributed by atoms with Gasteiger partial charge >= 0.3 is 17.9 Å². The van der Waals surface area contributed by atoms with Gasteiger partial charge in [-0.1, -0.05) is 52.7 Å². The molecule has 3 aliphatic carbocycles. The molecule has 3 aliphatic rings. The van der Waals surface area contributed by atoms with E-state index in [1.54, 1.807) is 33.5 Å². The lowest BCUT2D eigenvalue weighted by Crippen LogP contribution is -2.69. The number of ether oxygens (including phenoxy) is 4. The second kappa shape index (κ2) is 11.8. The van der Waals surface area contributed by atoms with Gasteiger partial charge < -0.3 is 28.5 Å². The number of ketones is 1. The van der Waals surface area contributed by atoms with Crippen molar-refractivity contribution in [2.24, 2.45) is 39.9 Å². The number of allylic oxidation sites excluding steroid dienone is 1. The fourth-order valence-corrected chi connectivity index (χ4v) is 8.75. The molecule has 0 saturated heterocycles. The molecule has 10 heteroatoms. The van der Waals surface area contributed by atoms with E-state index in [1.165, 1.54) is 14.2 Å². The monoisotopic (exact) mass is 602 g/mol. The van der Waals surface area contributed by atoms with Crippen LogP contribution in [0.25, 0.3) is 0 Å². The molecule has 1 aromatic rings. The number of Topliss-reactive ketones (excluding diaryl/α,β-unsaturated/α-hetero) is 1. The molecule has 238 valence electrons. The predicted octanol–water partition coefficient (Wildman–Crippen LogP) is 4.60. The Bertz CT molecular complexity index is 1280. The Morgan fingerprint density at radius 3 is 2.28 bits per heavy atom. The van der Waals surface area contributed by atoms with Crippen LogP contribution in [0.2, 0.25) is 0 Å². The summed E-state index contributed by atoms with van der Waals surface area (Å²) < 4.78 is 27.6. The van der Waals surface area contributed by atoms with E-state index in [0.29, 0.717) is 12.8 Å². The zero-order chi connectivity index (χ0) is 32.1. The lowest BCUT2D eigenvalue weighted by molar-refractivity contribution is -0.213. The van der Waals surface area contributed by atoms with E-state index >= 15 is 0 Å². The zero-order valence-electron chi connectivity index (χ0n) is 26.7. The van der Waals surface area contributed by atoms with Crippen LogP contribution in [0, 0.1) is 39.9 Å². The molecular formula is C33H46O10. The quantitative estimate of drug-likeness (QED) is 0.242. The highest BCUT2D eigenvalue weighted by Gasteiger charge is 2.70. The first kappa shape index (κ1) is 32.9. The fraction of sp³-hybridized carbons (Fsp3) is 0.697. The third-order valence-electron chi connectivity index (χ3n) is 10.7. The van der Waals surface area contributed by atoms with Crippen molar-refractivity contribution in [1.82, 2.24) is 0 Å².